The smallest absolute Gasteiger partial charge is 0.246 e. The number of β-lactam (4-membered cyclic amide) rings is 1. The summed E-state index contributed by atoms with van der Waals surface area (Å²) >= 11 is 0. The number of aromatic nitrogens is 2. The topological polar surface area (TPSA) is 64.2 Å². The molecule has 0 bridgehead atoms. The number of nitrogens with two attached hydrogens (primary N) is 1. The summed E-state index contributed by atoms with van der Waals surface area (Å²) in [5, 5.41) is 4.24. The van der Waals surface area contributed by atoms with Crippen molar-refractivity contribution < 1.29 is 4.79 Å². The Bertz CT molecular complexity index is 398. The second-order valence-corrected chi connectivity index (χ2v) is 4.79. The minimum Gasteiger partial charge on any atom is -0.318 e. The van der Waals surface area contributed by atoms with Gasteiger partial charge in [0.2, 0.25) is 5.91 Å². The van der Waals surface area contributed by atoms with Crippen molar-refractivity contribution in [2.24, 2.45) is 11.7 Å². The zero-order valence-electron chi connectivity index (χ0n) is 9.92. The molecule has 0 aliphatic carbocycles. The van der Waals surface area contributed by atoms with E-state index in [0.29, 0.717) is 5.92 Å². The minimum atomic E-state index is -0.353. The highest BCUT2D eigenvalue weighted by Crippen LogP contribution is 2.26. The van der Waals surface area contributed by atoms with Crippen LogP contribution < -0.4 is 10.6 Å². The summed E-state index contributed by atoms with van der Waals surface area (Å²) in [5.74, 6) is 0.524. The van der Waals surface area contributed by atoms with Gasteiger partial charge in [-0.2, -0.15) is 5.10 Å². The highest BCUT2D eigenvalue weighted by molar-refractivity contribution is 6.05. The van der Waals surface area contributed by atoms with Crippen LogP contribution in [0.5, 0.6) is 0 Å². The standard InChI is InChI=1S/C11H18N4O/c1-7(2)5-14-6-9(4-13-14)15-8(3)10(12)11(15)16/h4,6-8,10H,5,12H2,1-3H3/t8-,10-/m0/s1. The van der Waals surface area contributed by atoms with Gasteiger partial charge in [-0.1, -0.05) is 13.8 Å². The van der Waals surface area contributed by atoms with Gasteiger partial charge < -0.3 is 10.6 Å². The van der Waals surface area contributed by atoms with Gasteiger partial charge in [0.05, 0.1) is 17.9 Å². The van der Waals surface area contributed by atoms with E-state index >= 15 is 0 Å². The molecular weight excluding hydrogens is 204 g/mol. The van der Waals surface area contributed by atoms with E-state index in [-0.39, 0.29) is 18.0 Å². The Kier molecular flexibility index (Phi) is 2.71. The van der Waals surface area contributed by atoms with Crippen molar-refractivity contribution in [3.05, 3.63) is 12.4 Å². The minimum absolute atomic E-state index is 0.0170. The molecule has 16 heavy (non-hydrogen) atoms. The summed E-state index contributed by atoms with van der Waals surface area (Å²) in [6, 6.07) is -0.280. The molecule has 2 atom stereocenters. The number of nitrogens with zero attached hydrogens (tertiary/aromatic N) is 3. The second-order valence-electron chi connectivity index (χ2n) is 4.79. The van der Waals surface area contributed by atoms with Gasteiger partial charge in [0.1, 0.15) is 6.04 Å². The molecule has 1 saturated heterocycles. The number of carbonyl (C=O) groups is 1. The highest BCUT2D eigenvalue weighted by Gasteiger charge is 2.43. The zero-order chi connectivity index (χ0) is 11.9. The van der Waals surface area contributed by atoms with Crippen LogP contribution in [-0.2, 0) is 11.3 Å². The Morgan fingerprint density at radius 3 is 2.81 bits per heavy atom. The van der Waals surface area contributed by atoms with E-state index in [1.165, 1.54) is 0 Å². The molecule has 0 saturated carbocycles. The highest BCUT2D eigenvalue weighted by atomic mass is 16.2. The van der Waals surface area contributed by atoms with E-state index < -0.39 is 0 Å². The van der Waals surface area contributed by atoms with E-state index in [4.69, 9.17) is 5.73 Å². The molecule has 0 aromatic carbocycles. The molecule has 2 heterocycles. The Labute approximate surface area is 95.2 Å². The molecule has 1 aromatic heterocycles. The summed E-state index contributed by atoms with van der Waals surface area (Å²) in [5.41, 5.74) is 6.51. The van der Waals surface area contributed by atoms with Crippen molar-refractivity contribution in [3.63, 3.8) is 0 Å². The van der Waals surface area contributed by atoms with Crippen molar-refractivity contribution >= 4 is 11.6 Å². The number of anilines is 1. The molecule has 1 aliphatic heterocycles. The third-order valence-electron chi connectivity index (χ3n) is 2.90. The number of hydrogen-bond acceptors (Lipinski definition) is 3. The molecular formula is C11H18N4O. The fraction of sp³-hybridized carbons (Fsp3) is 0.636. The van der Waals surface area contributed by atoms with Crippen LogP contribution in [0.25, 0.3) is 0 Å². The number of amides is 1. The Morgan fingerprint density at radius 1 is 1.56 bits per heavy atom. The van der Waals surface area contributed by atoms with E-state index in [1.54, 1.807) is 11.1 Å². The van der Waals surface area contributed by atoms with Gasteiger partial charge >= 0.3 is 0 Å². The van der Waals surface area contributed by atoms with Crippen LogP contribution in [0.2, 0.25) is 0 Å². The largest absolute Gasteiger partial charge is 0.318 e. The first-order chi connectivity index (χ1) is 7.50. The molecule has 1 aromatic rings. The summed E-state index contributed by atoms with van der Waals surface area (Å²) in [6.45, 7) is 7.08. The Hall–Kier alpha value is -1.36. The van der Waals surface area contributed by atoms with Crippen LogP contribution in [-0.4, -0.2) is 27.8 Å². The molecule has 5 heteroatoms. The molecule has 1 amide bonds. The summed E-state index contributed by atoms with van der Waals surface area (Å²) in [4.78, 5) is 13.3. The van der Waals surface area contributed by atoms with E-state index in [0.717, 1.165) is 12.2 Å². The lowest BCUT2D eigenvalue weighted by Crippen LogP contribution is -2.67. The maximum absolute atomic E-state index is 11.6. The van der Waals surface area contributed by atoms with Gasteiger partial charge in [-0.15, -0.1) is 0 Å². The SMILES string of the molecule is CC(C)Cn1cc(N2C(=O)[C@@H](N)[C@@H]2C)cn1. The van der Waals surface area contributed by atoms with Crippen molar-refractivity contribution in [3.8, 4) is 0 Å². The number of hydrogen-bond donors (Lipinski definition) is 1. The maximum Gasteiger partial charge on any atom is 0.246 e. The fourth-order valence-electron chi connectivity index (χ4n) is 1.96. The molecule has 2 N–H and O–H groups in total. The molecule has 5 nitrogen and oxygen atoms in total. The Balaban J connectivity index is 2.11. The maximum atomic E-state index is 11.6. The number of rotatable bonds is 3. The summed E-state index contributed by atoms with van der Waals surface area (Å²) < 4.78 is 1.86. The van der Waals surface area contributed by atoms with Gasteiger partial charge in [0.15, 0.2) is 0 Å². The van der Waals surface area contributed by atoms with Crippen LogP contribution in [0.3, 0.4) is 0 Å². The third kappa shape index (κ3) is 1.71. The monoisotopic (exact) mass is 222 g/mol. The van der Waals surface area contributed by atoms with Crippen LogP contribution in [0.15, 0.2) is 12.4 Å². The third-order valence-corrected chi connectivity index (χ3v) is 2.90. The molecule has 1 fully saturated rings. The zero-order valence-corrected chi connectivity index (χ0v) is 9.92. The van der Waals surface area contributed by atoms with Crippen LogP contribution >= 0.6 is 0 Å². The fourth-order valence-corrected chi connectivity index (χ4v) is 1.96. The summed E-state index contributed by atoms with van der Waals surface area (Å²) in [7, 11) is 0. The van der Waals surface area contributed by atoms with E-state index in [2.05, 4.69) is 18.9 Å². The first kappa shape index (κ1) is 11.1. The van der Waals surface area contributed by atoms with Crippen LogP contribution in [0.1, 0.15) is 20.8 Å². The molecule has 0 unspecified atom stereocenters. The molecule has 2 rings (SSSR count). The van der Waals surface area contributed by atoms with Crippen LogP contribution in [0, 0.1) is 5.92 Å². The average molecular weight is 222 g/mol. The first-order valence-electron chi connectivity index (χ1n) is 5.62. The van der Waals surface area contributed by atoms with Gasteiger partial charge in [0, 0.05) is 12.7 Å². The van der Waals surface area contributed by atoms with Crippen molar-refractivity contribution in [1.82, 2.24) is 9.78 Å². The van der Waals surface area contributed by atoms with E-state index in [1.807, 2.05) is 17.8 Å². The first-order valence-corrected chi connectivity index (χ1v) is 5.62. The molecule has 0 radical (unpaired) electrons. The van der Waals surface area contributed by atoms with E-state index in [9.17, 15) is 4.79 Å². The quantitative estimate of drug-likeness (QED) is 0.762. The van der Waals surface area contributed by atoms with Crippen molar-refractivity contribution in [2.45, 2.75) is 39.4 Å². The lowest BCUT2D eigenvalue weighted by molar-refractivity contribution is -0.125. The van der Waals surface area contributed by atoms with Gasteiger partial charge in [-0.25, -0.2) is 0 Å². The van der Waals surface area contributed by atoms with Crippen LogP contribution in [0.4, 0.5) is 5.69 Å². The summed E-state index contributed by atoms with van der Waals surface area (Å²) in [6.07, 6.45) is 3.63. The lowest BCUT2D eigenvalue weighted by atomic mass is 9.97. The lowest BCUT2D eigenvalue weighted by Gasteiger charge is -2.42. The predicted octanol–water partition coefficient (Wildman–Crippen LogP) is 0.602. The average Bonchev–Trinajstić information content (AvgIpc) is 2.65. The molecule has 0 spiro atoms. The van der Waals surface area contributed by atoms with Gasteiger partial charge in [-0.3, -0.25) is 9.48 Å². The molecule has 88 valence electrons. The van der Waals surface area contributed by atoms with Crippen molar-refractivity contribution in [1.29, 1.82) is 0 Å². The van der Waals surface area contributed by atoms with Gasteiger partial charge in [0.25, 0.3) is 0 Å². The Morgan fingerprint density at radius 2 is 2.25 bits per heavy atom. The number of carbonyl (C=O) groups excluding carboxylic acids is 1. The normalized spacial score (nSPS) is 25.1. The predicted molar refractivity (Wildman–Crippen MR) is 62.0 cm³/mol. The van der Waals surface area contributed by atoms with Crippen molar-refractivity contribution in [2.75, 3.05) is 4.90 Å². The van der Waals surface area contributed by atoms with Gasteiger partial charge in [-0.05, 0) is 12.8 Å². The molecule has 1 aliphatic rings. The second kappa shape index (κ2) is 3.90.